The molecule has 0 aliphatic rings. The SMILES string of the molecule is CC(O)Oc1cc(F)cc(F)c1. The van der Waals surface area contributed by atoms with Crippen molar-refractivity contribution >= 4 is 0 Å². The Morgan fingerprint density at radius 3 is 2.17 bits per heavy atom. The molecule has 1 atom stereocenters. The van der Waals surface area contributed by atoms with Crippen LogP contribution >= 0.6 is 0 Å². The maximum Gasteiger partial charge on any atom is 0.194 e. The zero-order valence-corrected chi connectivity index (χ0v) is 6.42. The number of aliphatic hydroxyl groups excluding tert-OH is 1. The van der Waals surface area contributed by atoms with Gasteiger partial charge in [-0.3, -0.25) is 0 Å². The molecule has 0 aromatic heterocycles. The number of aliphatic hydroxyl groups is 1. The van der Waals surface area contributed by atoms with E-state index in [0.29, 0.717) is 0 Å². The van der Waals surface area contributed by atoms with Gasteiger partial charge in [0.1, 0.15) is 17.4 Å². The van der Waals surface area contributed by atoms with E-state index in [-0.39, 0.29) is 5.75 Å². The summed E-state index contributed by atoms with van der Waals surface area (Å²) in [4.78, 5) is 0. The van der Waals surface area contributed by atoms with Crippen molar-refractivity contribution in [2.24, 2.45) is 0 Å². The summed E-state index contributed by atoms with van der Waals surface area (Å²) in [6, 6.07) is 2.72. The molecule has 1 rings (SSSR count). The standard InChI is InChI=1S/C8H8F2O2/c1-5(11)12-8-3-6(9)2-7(10)4-8/h2-5,11H,1H3. The Hall–Kier alpha value is -1.16. The first kappa shape index (κ1) is 8.93. The molecule has 0 radical (unpaired) electrons. The molecule has 0 bridgehead atoms. The van der Waals surface area contributed by atoms with Crippen LogP contribution in [-0.4, -0.2) is 11.4 Å². The maximum atomic E-state index is 12.5. The van der Waals surface area contributed by atoms with Gasteiger partial charge in [0.25, 0.3) is 0 Å². The molecular formula is C8H8F2O2. The molecular weight excluding hydrogens is 166 g/mol. The Kier molecular flexibility index (Phi) is 2.60. The van der Waals surface area contributed by atoms with Crippen molar-refractivity contribution in [1.29, 1.82) is 0 Å². The third-order valence-corrected chi connectivity index (χ3v) is 1.14. The van der Waals surface area contributed by atoms with Gasteiger partial charge in [0.15, 0.2) is 6.29 Å². The van der Waals surface area contributed by atoms with Crippen LogP contribution in [0.5, 0.6) is 5.75 Å². The monoisotopic (exact) mass is 174 g/mol. The summed E-state index contributed by atoms with van der Waals surface area (Å²) in [5.74, 6) is -1.49. The smallest absolute Gasteiger partial charge is 0.194 e. The Labute approximate surface area is 68.4 Å². The van der Waals surface area contributed by atoms with Gasteiger partial charge < -0.3 is 9.84 Å². The van der Waals surface area contributed by atoms with Crippen LogP contribution in [-0.2, 0) is 0 Å². The van der Waals surface area contributed by atoms with E-state index in [0.717, 1.165) is 18.2 Å². The number of hydrogen-bond donors (Lipinski definition) is 1. The fourth-order valence-corrected chi connectivity index (χ4v) is 0.794. The molecule has 66 valence electrons. The first-order valence-electron chi connectivity index (χ1n) is 3.39. The average Bonchev–Trinajstić information content (AvgIpc) is 1.81. The topological polar surface area (TPSA) is 29.5 Å². The second-order valence-corrected chi connectivity index (χ2v) is 2.32. The zero-order chi connectivity index (χ0) is 9.14. The second-order valence-electron chi connectivity index (χ2n) is 2.32. The summed E-state index contributed by atoms with van der Waals surface area (Å²) in [6.07, 6.45) is -1.08. The second kappa shape index (κ2) is 3.49. The van der Waals surface area contributed by atoms with Crippen LogP contribution in [0.4, 0.5) is 8.78 Å². The summed E-state index contributed by atoms with van der Waals surface area (Å²) in [6.45, 7) is 1.35. The van der Waals surface area contributed by atoms with Crippen LogP contribution in [0.2, 0.25) is 0 Å². The first-order valence-corrected chi connectivity index (χ1v) is 3.39. The third kappa shape index (κ3) is 2.47. The fraction of sp³-hybridized carbons (Fsp3) is 0.250. The van der Waals surface area contributed by atoms with Crippen molar-refractivity contribution in [2.45, 2.75) is 13.2 Å². The molecule has 1 N–H and O–H groups in total. The van der Waals surface area contributed by atoms with Gasteiger partial charge in [-0.15, -0.1) is 0 Å². The number of benzene rings is 1. The molecule has 0 spiro atoms. The summed E-state index contributed by atoms with van der Waals surface area (Å²) in [5.41, 5.74) is 0. The van der Waals surface area contributed by atoms with E-state index in [1.165, 1.54) is 6.92 Å². The van der Waals surface area contributed by atoms with Gasteiger partial charge in [-0.05, 0) is 6.92 Å². The number of hydrogen-bond acceptors (Lipinski definition) is 2. The minimum Gasteiger partial charge on any atom is -0.465 e. The van der Waals surface area contributed by atoms with Crippen molar-refractivity contribution in [3.8, 4) is 5.75 Å². The lowest BCUT2D eigenvalue weighted by Gasteiger charge is -2.07. The van der Waals surface area contributed by atoms with Crippen LogP contribution in [0.15, 0.2) is 18.2 Å². The highest BCUT2D eigenvalue weighted by molar-refractivity contribution is 5.23. The molecule has 0 saturated heterocycles. The maximum absolute atomic E-state index is 12.5. The van der Waals surface area contributed by atoms with Crippen molar-refractivity contribution in [3.05, 3.63) is 29.8 Å². The van der Waals surface area contributed by atoms with Crippen molar-refractivity contribution in [3.63, 3.8) is 0 Å². The van der Waals surface area contributed by atoms with Crippen LogP contribution in [0.3, 0.4) is 0 Å². The molecule has 0 aliphatic heterocycles. The average molecular weight is 174 g/mol. The number of rotatable bonds is 2. The van der Waals surface area contributed by atoms with Gasteiger partial charge in [-0.1, -0.05) is 0 Å². The van der Waals surface area contributed by atoms with E-state index in [2.05, 4.69) is 4.74 Å². The Balaban J connectivity index is 2.85. The molecule has 1 unspecified atom stereocenters. The van der Waals surface area contributed by atoms with Crippen molar-refractivity contribution in [1.82, 2.24) is 0 Å². The number of ether oxygens (including phenoxy) is 1. The fourth-order valence-electron chi connectivity index (χ4n) is 0.794. The molecule has 12 heavy (non-hydrogen) atoms. The largest absolute Gasteiger partial charge is 0.465 e. The Morgan fingerprint density at radius 2 is 1.75 bits per heavy atom. The minimum atomic E-state index is -1.08. The molecule has 0 saturated carbocycles. The van der Waals surface area contributed by atoms with Gasteiger partial charge in [0.05, 0.1) is 0 Å². The summed E-state index contributed by atoms with van der Waals surface area (Å²) >= 11 is 0. The normalized spacial score (nSPS) is 12.7. The van der Waals surface area contributed by atoms with Gasteiger partial charge in [0.2, 0.25) is 0 Å². The van der Waals surface area contributed by atoms with Crippen LogP contribution in [0.25, 0.3) is 0 Å². The highest BCUT2D eigenvalue weighted by atomic mass is 19.1. The van der Waals surface area contributed by atoms with Gasteiger partial charge in [-0.25, -0.2) is 8.78 Å². The van der Waals surface area contributed by atoms with E-state index in [9.17, 15) is 8.78 Å². The molecule has 0 heterocycles. The van der Waals surface area contributed by atoms with E-state index in [1.807, 2.05) is 0 Å². The highest BCUT2D eigenvalue weighted by Crippen LogP contribution is 2.15. The molecule has 1 aromatic carbocycles. The lowest BCUT2D eigenvalue weighted by molar-refractivity contribution is -0.000680. The van der Waals surface area contributed by atoms with E-state index < -0.39 is 17.9 Å². The van der Waals surface area contributed by atoms with Gasteiger partial charge in [-0.2, -0.15) is 0 Å². The van der Waals surface area contributed by atoms with Crippen LogP contribution in [0, 0.1) is 11.6 Å². The minimum absolute atomic E-state index is 0.0255. The predicted molar refractivity (Wildman–Crippen MR) is 38.7 cm³/mol. The van der Waals surface area contributed by atoms with Gasteiger partial charge >= 0.3 is 0 Å². The molecule has 0 fully saturated rings. The van der Waals surface area contributed by atoms with E-state index in [1.54, 1.807) is 0 Å². The molecule has 4 heteroatoms. The van der Waals surface area contributed by atoms with Crippen molar-refractivity contribution < 1.29 is 18.6 Å². The zero-order valence-electron chi connectivity index (χ0n) is 6.42. The van der Waals surface area contributed by atoms with E-state index >= 15 is 0 Å². The lowest BCUT2D eigenvalue weighted by atomic mass is 10.3. The quantitative estimate of drug-likeness (QED) is 0.691. The molecule has 1 aromatic rings. The molecule has 0 amide bonds. The van der Waals surface area contributed by atoms with Crippen LogP contribution in [0.1, 0.15) is 6.92 Å². The summed E-state index contributed by atoms with van der Waals surface area (Å²) in [7, 11) is 0. The first-order chi connectivity index (χ1) is 5.58. The molecule has 0 aliphatic carbocycles. The van der Waals surface area contributed by atoms with Crippen LogP contribution < -0.4 is 4.74 Å². The predicted octanol–water partition coefficient (Wildman–Crippen LogP) is 1.68. The molecule has 2 nitrogen and oxygen atoms in total. The Bertz CT molecular complexity index is 254. The Morgan fingerprint density at radius 1 is 1.25 bits per heavy atom. The van der Waals surface area contributed by atoms with E-state index in [4.69, 9.17) is 5.11 Å². The van der Waals surface area contributed by atoms with Crippen molar-refractivity contribution in [2.75, 3.05) is 0 Å². The summed E-state index contributed by atoms with van der Waals surface area (Å²) < 4.78 is 29.6. The summed E-state index contributed by atoms with van der Waals surface area (Å²) in [5, 5.41) is 8.72. The lowest BCUT2D eigenvalue weighted by Crippen LogP contribution is -2.09. The third-order valence-electron chi connectivity index (χ3n) is 1.14. The number of halogens is 2. The van der Waals surface area contributed by atoms with Gasteiger partial charge in [0, 0.05) is 18.2 Å². The highest BCUT2D eigenvalue weighted by Gasteiger charge is 2.03.